The molecule has 0 aliphatic heterocycles. The second-order valence-electron chi connectivity index (χ2n) is 4.85. The van der Waals surface area contributed by atoms with Crippen molar-refractivity contribution >= 4 is 5.97 Å². The first-order valence-corrected chi connectivity index (χ1v) is 6.16. The molecule has 0 bridgehead atoms. The van der Waals surface area contributed by atoms with E-state index in [0.717, 1.165) is 0 Å². The van der Waals surface area contributed by atoms with Gasteiger partial charge in [0.05, 0.1) is 14.2 Å². The molecule has 0 atom stereocenters. The fourth-order valence-electron chi connectivity index (χ4n) is 1.81. The molecule has 0 amide bonds. The molecule has 0 radical (unpaired) electrons. The van der Waals surface area contributed by atoms with E-state index in [9.17, 15) is 9.90 Å². The molecule has 1 aromatic carbocycles. The summed E-state index contributed by atoms with van der Waals surface area (Å²) in [5.41, 5.74) is -0.640. The van der Waals surface area contributed by atoms with Gasteiger partial charge in [0.1, 0.15) is 0 Å². The lowest BCUT2D eigenvalue weighted by Gasteiger charge is -2.20. The van der Waals surface area contributed by atoms with Crippen molar-refractivity contribution in [3.8, 4) is 22.9 Å². The fourth-order valence-corrected chi connectivity index (χ4v) is 1.81. The number of aliphatic carboxylic acids is 1. The maximum absolute atomic E-state index is 11.4. The van der Waals surface area contributed by atoms with Gasteiger partial charge < -0.3 is 14.6 Å². The average molecular weight is 292 g/mol. The van der Waals surface area contributed by atoms with E-state index in [-0.39, 0.29) is 0 Å². The summed E-state index contributed by atoms with van der Waals surface area (Å²) >= 11 is 0. The Bertz CT molecular complexity index is 666. The Hall–Kier alpha value is -2.64. The highest BCUT2D eigenvalue weighted by Gasteiger charge is 2.34. The molecule has 21 heavy (non-hydrogen) atoms. The molecule has 8 heteroatoms. The van der Waals surface area contributed by atoms with Crippen LogP contribution in [0.1, 0.15) is 13.8 Å². The van der Waals surface area contributed by atoms with Crippen LogP contribution in [0.4, 0.5) is 0 Å². The molecular weight excluding hydrogens is 276 g/mol. The Balaban J connectivity index is 2.54. The number of carboxylic acids is 1. The third kappa shape index (κ3) is 2.51. The number of ether oxygens (including phenoxy) is 2. The second kappa shape index (κ2) is 5.39. The molecule has 0 saturated heterocycles. The van der Waals surface area contributed by atoms with Gasteiger partial charge in [-0.05, 0) is 42.5 Å². The Morgan fingerprint density at radius 2 is 1.90 bits per heavy atom. The van der Waals surface area contributed by atoms with Crippen molar-refractivity contribution in [3.05, 3.63) is 18.2 Å². The number of carboxylic acid groups (broad SMARTS) is 1. The van der Waals surface area contributed by atoms with E-state index in [0.29, 0.717) is 22.9 Å². The minimum Gasteiger partial charge on any atom is -0.493 e. The molecule has 1 aromatic heterocycles. The van der Waals surface area contributed by atoms with Crippen molar-refractivity contribution in [3.63, 3.8) is 0 Å². The number of nitrogens with zero attached hydrogens (tertiary/aromatic N) is 4. The number of benzene rings is 1. The highest BCUT2D eigenvalue weighted by molar-refractivity contribution is 5.76. The SMILES string of the molecule is COc1ccc(-c2nnnn2C(C)(C)C(=O)O)cc1OC. The molecule has 0 aliphatic carbocycles. The average Bonchev–Trinajstić information content (AvgIpc) is 2.96. The van der Waals surface area contributed by atoms with E-state index in [2.05, 4.69) is 15.5 Å². The van der Waals surface area contributed by atoms with Gasteiger partial charge in [0.15, 0.2) is 22.9 Å². The summed E-state index contributed by atoms with van der Waals surface area (Å²) in [7, 11) is 3.06. The largest absolute Gasteiger partial charge is 0.493 e. The van der Waals surface area contributed by atoms with Crippen LogP contribution in [0.3, 0.4) is 0 Å². The number of methoxy groups -OCH3 is 2. The van der Waals surface area contributed by atoms with Gasteiger partial charge in [-0.1, -0.05) is 0 Å². The topological polar surface area (TPSA) is 99.4 Å². The first kappa shape index (κ1) is 14.8. The summed E-state index contributed by atoms with van der Waals surface area (Å²) in [5.74, 6) is 0.385. The summed E-state index contributed by atoms with van der Waals surface area (Å²) in [5, 5.41) is 20.6. The smallest absolute Gasteiger partial charge is 0.331 e. The Morgan fingerprint density at radius 3 is 2.48 bits per heavy atom. The molecule has 2 aromatic rings. The van der Waals surface area contributed by atoms with Gasteiger partial charge in [-0.15, -0.1) is 5.10 Å². The van der Waals surface area contributed by atoms with Crippen molar-refractivity contribution < 1.29 is 19.4 Å². The maximum Gasteiger partial charge on any atom is 0.331 e. The molecule has 112 valence electrons. The van der Waals surface area contributed by atoms with E-state index in [1.165, 1.54) is 32.7 Å². The van der Waals surface area contributed by atoms with Gasteiger partial charge >= 0.3 is 5.97 Å². The molecule has 0 saturated carbocycles. The number of tetrazole rings is 1. The monoisotopic (exact) mass is 292 g/mol. The zero-order valence-corrected chi connectivity index (χ0v) is 12.2. The predicted octanol–water partition coefficient (Wildman–Crippen LogP) is 1.18. The number of hydrogen-bond acceptors (Lipinski definition) is 6. The van der Waals surface area contributed by atoms with Crippen LogP contribution in [0.2, 0.25) is 0 Å². The third-order valence-corrected chi connectivity index (χ3v) is 3.16. The fraction of sp³-hybridized carbons (Fsp3) is 0.385. The first-order chi connectivity index (χ1) is 9.91. The highest BCUT2D eigenvalue weighted by atomic mass is 16.5. The summed E-state index contributed by atoms with van der Waals surface area (Å²) in [6, 6.07) is 5.14. The van der Waals surface area contributed by atoms with Crippen LogP contribution in [0.5, 0.6) is 11.5 Å². The standard InChI is InChI=1S/C13H16N4O4/c1-13(2,12(18)19)17-11(14-15-16-17)8-5-6-9(20-3)10(7-8)21-4/h5-7H,1-4H3,(H,18,19). The van der Waals surface area contributed by atoms with Crippen LogP contribution in [-0.4, -0.2) is 45.5 Å². The first-order valence-electron chi connectivity index (χ1n) is 6.16. The van der Waals surface area contributed by atoms with Crippen molar-refractivity contribution in [2.75, 3.05) is 14.2 Å². The van der Waals surface area contributed by atoms with Crippen molar-refractivity contribution in [2.45, 2.75) is 19.4 Å². The summed E-state index contributed by atoms with van der Waals surface area (Å²) in [6.45, 7) is 3.05. The lowest BCUT2D eigenvalue weighted by molar-refractivity contribution is -0.146. The molecule has 0 unspecified atom stereocenters. The van der Waals surface area contributed by atoms with Gasteiger partial charge in [-0.2, -0.15) is 0 Å². The third-order valence-electron chi connectivity index (χ3n) is 3.16. The molecular formula is C13H16N4O4. The number of aromatic nitrogens is 4. The minimum atomic E-state index is -1.27. The second-order valence-corrected chi connectivity index (χ2v) is 4.85. The van der Waals surface area contributed by atoms with Gasteiger partial charge in [-0.3, -0.25) is 0 Å². The summed E-state index contributed by atoms with van der Waals surface area (Å²) < 4.78 is 11.7. The van der Waals surface area contributed by atoms with Gasteiger partial charge in [0.2, 0.25) is 0 Å². The molecule has 1 heterocycles. The zero-order valence-electron chi connectivity index (χ0n) is 12.2. The van der Waals surface area contributed by atoms with E-state index >= 15 is 0 Å². The van der Waals surface area contributed by atoms with Gasteiger partial charge in [0.25, 0.3) is 0 Å². The Kier molecular flexibility index (Phi) is 3.79. The van der Waals surface area contributed by atoms with Crippen LogP contribution in [0.15, 0.2) is 18.2 Å². The van der Waals surface area contributed by atoms with E-state index < -0.39 is 11.5 Å². The van der Waals surface area contributed by atoms with Crippen LogP contribution in [0.25, 0.3) is 11.4 Å². The van der Waals surface area contributed by atoms with E-state index in [1.54, 1.807) is 18.2 Å². The Morgan fingerprint density at radius 1 is 1.24 bits per heavy atom. The molecule has 0 fully saturated rings. The summed E-state index contributed by atoms with van der Waals surface area (Å²) in [6.07, 6.45) is 0. The van der Waals surface area contributed by atoms with Crippen molar-refractivity contribution in [1.29, 1.82) is 0 Å². The normalized spacial score (nSPS) is 11.2. The van der Waals surface area contributed by atoms with E-state index in [1.807, 2.05) is 0 Å². The molecule has 2 rings (SSSR count). The number of carbonyl (C=O) groups is 1. The van der Waals surface area contributed by atoms with Crippen molar-refractivity contribution in [2.24, 2.45) is 0 Å². The summed E-state index contributed by atoms with van der Waals surface area (Å²) in [4.78, 5) is 11.4. The van der Waals surface area contributed by atoms with Gasteiger partial charge in [0, 0.05) is 5.56 Å². The molecule has 0 spiro atoms. The van der Waals surface area contributed by atoms with Gasteiger partial charge in [-0.25, -0.2) is 9.48 Å². The lowest BCUT2D eigenvalue weighted by Crippen LogP contribution is -2.37. The van der Waals surface area contributed by atoms with Crippen LogP contribution in [0, 0.1) is 0 Å². The quantitative estimate of drug-likeness (QED) is 0.883. The number of rotatable bonds is 5. The predicted molar refractivity (Wildman–Crippen MR) is 73.3 cm³/mol. The highest BCUT2D eigenvalue weighted by Crippen LogP contribution is 2.32. The zero-order chi connectivity index (χ0) is 15.6. The minimum absolute atomic E-state index is 0.336. The molecule has 8 nitrogen and oxygen atoms in total. The molecule has 0 aliphatic rings. The number of hydrogen-bond donors (Lipinski definition) is 1. The maximum atomic E-state index is 11.4. The van der Waals surface area contributed by atoms with E-state index in [4.69, 9.17) is 9.47 Å². The van der Waals surface area contributed by atoms with Crippen LogP contribution >= 0.6 is 0 Å². The van der Waals surface area contributed by atoms with Crippen LogP contribution in [-0.2, 0) is 10.3 Å². The van der Waals surface area contributed by atoms with Crippen molar-refractivity contribution in [1.82, 2.24) is 20.2 Å². The Labute approximate surface area is 121 Å². The molecule has 1 N–H and O–H groups in total. The van der Waals surface area contributed by atoms with Crippen LogP contribution < -0.4 is 9.47 Å². The lowest BCUT2D eigenvalue weighted by atomic mass is 10.1.